The number of carbonyl (C=O) groups is 1. The maximum Gasteiger partial charge on any atom is 0.418 e. The molecule has 1 aliphatic heterocycles. The summed E-state index contributed by atoms with van der Waals surface area (Å²) in [5, 5.41) is 14.1. The summed E-state index contributed by atoms with van der Waals surface area (Å²) in [6.45, 7) is 1.28. The average Bonchev–Trinajstić information content (AvgIpc) is 2.47. The first-order valence-corrected chi connectivity index (χ1v) is 6.54. The van der Waals surface area contributed by atoms with Crippen LogP contribution in [-0.2, 0) is 11.0 Å². The summed E-state index contributed by atoms with van der Waals surface area (Å²) >= 11 is 0. The van der Waals surface area contributed by atoms with Crippen molar-refractivity contribution in [3.63, 3.8) is 0 Å². The van der Waals surface area contributed by atoms with Gasteiger partial charge in [0.1, 0.15) is 0 Å². The van der Waals surface area contributed by atoms with Crippen molar-refractivity contribution in [2.45, 2.75) is 19.0 Å². The van der Waals surface area contributed by atoms with Crippen LogP contribution < -0.4 is 10.6 Å². The zero-order valence-corrected chi connectivity index (χ0v) is 11.1. The Morgan fingerprint density at radius 1 is 1.43 bits per heavy atom. The van der Waals surface area contributed by atoms with Gasteiger partial charge in [-0.25, -0.2) is 0 Å². The van der Waals surface area contributed by atoms with E-state index in [-0.39, 0.29) is 17.2 Å². The maximum absolute atomic E-state index is 13.0. The average molecular weight is 297 g/mol. The number of halogens is 3. The van der Waals surface area contributed by atoms with Gasteiger partial charge >= 0.3 is 6.18 Å². The summed E-state index contributed by atoms with van der Waals surface area (Å²) in [5.41, 5.74) is -1.41. The highest BCUT2D eigenvalue weighted by Gasteiger charge is 2.35. The van der Waals surface area contributed by atoms with Crippen molar-refractivity contribution in [3.05, 3.63) is 29.3 Å². The summed E-state index contributed by atoms with van der Waals surface area (Å²) in [6, 6.07) is 4.78. The molecule has 2 N–H and O–H groups in total. The monoisotopic (exact) mass is 297 g/mol. The van der Waals surface area contributed by atoms with Crippen LogP contribution in [0, 0.1) is 17.2 Å². The molecule has 21 heavy (non-hydrogen) atoms. The fraction of sp³-hybridized carbons (Fsp3) is 0.429. The number of nitrogens with one attached hydrogen (secondary N) is 2. The Kier molecular flexibility index (Phi) is 4.48. The number of nitriles is 1. The lowest BCUT2D eigenvalue weighted by Gasteiger charge is -2.23. The van der Waals surface area contributed by atoms with Crippen LogP contribution in [0.1, 0.15) is 24.0 Å². The lowest BCUT2D eigenvalue weighted by molar-refractivity contribution is -0.137. The van der Waals surface area contributed by atoms with E-state index < -0.39 is 17.6 Å². The zero-order chi connectivity index (χ0) is 15.5. The highest BCUT2D eigenvalue weighted by molar-refractivity contribution is 5.93. The molecule has 1 unspecified atom stereocenters. The molecular weight excluding hydrogens is 283 g/mol. The smallest absolute Gasteiger partial charge is 0.325 e. The van der Waals surface area contributed by atoms with E-state index in [1.54, 1.807) is 6.07 Å². The first-order valence-electron chi connectivity index (χ1n) is 6.54. The van der Waals surface area contributed by atoms with Crippen molar-refractivity contribution in [3.8, 4) is 6.07 Å². The number of nitrogens with zero attached hydrogens (tertiary/aromatic N) is 1. The van der Waals surface area contributed by atoms with Gasteiger partial charge in [0.25, 0.3) is 0 Å². The van der Waals surface area contributed by atoms with Crippen molar-refractivity contribution in [1.82, 2.24) is 5.32 Å². The van der Waals surface area contributed by atoms with Gasteiger partial charge in [0.2, 0.25) is 5.91 Å². The Bertz CT molecular complexity index is 572. The highest BCUT2D eigenvalue weighted by Crippen LogP contribution is 2.35. The van der Waals surface area contributed by atoms with Gasteiger partial charge in [0.15, 0.2) is 0 Å². The Morgan fingerprint density at radius 2 is 2.19 bits per heavy atom. The molecule has 0 aliphatic carbocycles. The largest absolute Gasteiger partial charge is 0.418 e. The van der Waals surface area contributed by atoms with E-state index in [2.05, 4.69) is 10.6 Å². The van der Waals surface area contributed by atoms with E-state index >= 15 is 0 Å². The zero-order valence-electron chi connectivity index (χ0n) is 11.1. The minimum Gasteiger partial charge on any atom is -0.325 e. The standard InChI is InChI=1S/C14H14F3N3O/c15-14(16,17)11-6-9(7-18)3-4-12(11)20-13(21)10-2-1-5-19-8-10/h3-4,6,10,19H,1-2,5,8H2,(H,20,21). The second kappa shape index (κ2) is 6.14. The number of rotatable bonds is 2. The molecule has 1 aromatic rings. The summed E-state index contributed by atoms with van der Waals surface area (Å²) in [6.07, 6.45) is -3.16. The molecule has 4 nitrogen and oxygen atoms in total. The summed E-state index contributed by atoms with van der Waals surface area (Å²) in [4.78, 5) is 12.0. The quantitative estimate of drug-likeness (QED) is 0.881. The van der Waals surface area contributed by atoms with Crippen molar-refractivity contribution >= 4 is 11.6 Å². The molecule has 0 spiro atoms. The van der Waals surface area contributed by atoms with Gasteiger partial charge in [0, 0.05) is 6.54 Å². The van der Waals surface area contributed by atoms with Crippen LogP contribution in [0.3, 0.4) is 0 Å². The molecule has 1 aliphatic rings. The van der Waals surface area contributed by atoms with Gasteiger partial charge in [-0.15, -0.1) is 0 Å². The van der Waals surface area contributed by atoms with Gasteiger partial charge in [-0.2, -0.15) is 18.4 Å². The minimum absolute atomic E-state index is 0.0975. The van der Waals surface area contributed by atoms with Crippen LogP contribution >= 0.6 is 0 Å². The first-order chi connectivity index (χ1) is 9.91. The number of hydrogen-bond acceptors (Lipinski definition) is 3. The normalized spacial score (nSPS) is 18.9. The van der Waals surface area contributed by atoms with Crippen molar-refractivity contribution < 1.29 is 18.0 Å². The van der Waals surface area contributed by atoms with Gasteiger partial charge in [0.05, 0.1) is 28.8 Å². The third-order valence-corrected chi connectivity index (χ3v) is 3.38. The van der Waals surface area contributed by atoms with E-state index in [1.807, 2.05) is 0 Å². The molecule has 1 amide bonds. The van der Waals surface area contributed by atoms with Gasteiger partial charge < -0.3 is 10.6 Å². The molecule has 0 saturated carbocycles. The Labute approximate surface area is 119 Å². The molecular formula is C14H14F3N3O. The maximum atomic E-state index is 13.0. The van der Waals surface area contributed by atoms with Crippen LogP contribution in [-0.4, -0.2) is 19.0 Å². The molecule has 0 bridgehead atoms. The molecule has 2 rings (SSSR count). The van der Waals surface area contributed by atoms with Gasteiger partial charge in [-0.3, -0.25) is 4.79 Å². The molecule has 112 valence electrons. The third-order valence-electron chi connectivity index (χ3n) is 3.38. The predicted molar refractivity (Wildman–Crippen MR) is 70.4 cm³/mol. The first kappa shape index (κ1) is 15.3. The van der Waals surface area contributed by atoms with Gasteiger partial charge in [-0.1, -0.05) is 0 Å². The van der Waals surface area contributed by atoms with Crippen LogP contribution in [0.4, 0.5) is 18.9 Å². The topological polar surface area (TPSA) is 64.9 Å². The predicted octanol–water partition coefficient (Wildman–Crippen LogP) is 2.52. The molecule has 1 fully saturated rings. The molecule has 1 saturated heterocycles. The minimum atomic E-state index is -4.62. The van der Waals surface area contributed by atoms with E-state index in [1.165, 1.54) is 6.07 Å². The van der Waals surface area contributed by atoms with Crippen molar-refractivity contribution in [2.24, 2.45) is 5.92 Å². The van der Waals surface area contributed by atoms with Crippen molar-refractivity contribution in [2.75, 3.05) is 18.4 Å². The SMILES string of the molecule is N#Cc1ccc(NC(=O)C2CCCNC2)c(C(F)(F)F)c1. The molecule has 7 heteroatoms. The molecule has 0 aromatic heterocycles. The third kappa shape index (κ3) is 3.73. The second-order valence-electron chi connectivity index (χ2n) is 4.90. The summed E-state index contributed by atoms with van der Waals surface area (Å²) in [5.74, 6) is -0.770. The van der Waals surface area contributed by atoms with Crippen LogP contribution in [0.5, 0.6) is 0 Å². The Balaban J connectivity index is 2.23. The Hall–Kier alpha value is -2.07. The summed E-state index contributed by atoms with van der Waals surface area (Å²) in [7, 11) is 0. The van der Waals surface area contributed by atoms with E-state index in [4.69, 9.17) is 5.26 Å². The lowest BCUT2D eigenvalue weighted by atomic mass is 9.98. The lowest BCUT2D eigenvalue weighted by Crippen LogP contribution is -2.37. The van der Waals surface area contributed by atoms with Crippen molar-refractivity contribution in [1.29, 1.82) is 5.26 Å². The number of carbonyl (C=O) groups excluding carboxylic acids is 1. The molecule has 0 radical (unpaired) electrons. The highest BCUT2D eigenvalue weighted by atomic mass is 19.4. The molecule has 1 heterocycles. The number of hydrogen-bond donors (Lipinski definition) is 2. The number of anilines is 1. The second-order valence-corrected chi connectivity index (χ2v) is 4.90. The number of amides is 1. The van der Waals surface area contributed by atoms with E-state index in [0.29, 0.717) is 13.0 Å². The van der Waals surface area contributed by atoms with E-state index in [0.717, 1.165) is 25.1 Å². The fourth-order valence-electron chi connectivity index (χ4n) is 2.27. The van der Waals surface area contributed by atoms with Crippen LogP contribution in [0.25, 0.3) is 0 Å². The number of piperidine rings is 1. The number of alkyl halides is 3. The molecule has 1 atom stereocenters. The van der Waals surface area contributed by atoms with E-state index in [9.17, 15) is 18.0 Å². The van der Waals surface area contributed by atoms with Gasteiger partial charge in [-0.05, 0) is 37.6 Å². The van der Waals surface area contributed by atoms with Crippen LogP contribution in [0.15, 0.2) is 18.2 Å². The summed E-state index contributed by atoms with van der Waals surface area (Å²) < 4.78 is 39.0. The fourth-order valence-corrected chi connectivity index (χ4v) is 2.27. The van der Waals surface area contributed by atoms with Crippen LogP contribution in [0.2, 0.25) is 0 Å². The Morgan fingerprint density at radius 3 is 2.76 bits per heavy atom. The molecule has 1 aromatic carbocycles. The number of benzene rings is 1.